The van der Waals surface area contributed by atoms with Gasteiger partial charge in [-0.3, -0.25) is 14.4 Å². The summed E-state index contributed by atoms with van der Waals surface area (Å²) in [7, 11) is 0. The number of amides is 1. The van der Waals surface area contributed by atoms with Gasteiger partial charge in [-0.1, -0.05) is 33.1 Å². The molecule has 1 amide bonds. The predicted octanol–water partition coefficient (Wildman–Crippen LogP) is 1.54. The second-order valence-corrected chi connectivity index (χ2v) is 4.16. The molecule has 0 aliphatic carbocycles. The molecule has 0 spiro atoms. The zero-order chi connectivity index (χ0) is 13.3. The van der Waals surface area contributed by atoms with Gasteiger partial charge in [-0.05, 0) is 6.42 Å². The van der Waals surface area contributed by atoms with Crippen molar-refractivity contribution >= 4 is 17.8 Å². The van der Waals surface area contributed by atoms with E-state index in [0.717, 1.165) is 25.7 Å². The number of carbonyl (C=O) groups is 3. The van der Waals surface area contributed by atoms with Crippen LogP contribution in [0.2, 0.25) is 0 Å². The lowest BCUT2D eigenvalue weighted by Gasteiger charge is -2.09. The van der Waals surface area contributed by atoms with Crippen LogP contribution in [0.4, 0.5) is 0 Å². The van der Waals surface area contributed by atoms with Crippen LogP contribution in [0.25, 0.3) is 0 Å². The fourth-order valence-corrected chi connectivity index (χ4v) is 1.31. The quantitative estimate of drug-likeness (QED) is 0.398. The molecular formula is C12H21NO4. The summed E-state index contributed by atoms with van der Waals surface area (Å²) in [6.45, 7) is 3.82. The lowest BCUT2D eigenvalue weighted by Crippen LogP contribution is -2.21. The maximum absolute atomic E-state index is 11.4. The third-order valence-electron chi connectivity index (χ3n) is 2.43. The van der Waals surface area contributed by atoms with Gasteiger partial charge in [0.1, 0.15) is 0 Å². The first-order valence-electron chi connectivity index (χ1n) is 6.00. The fraction of sp³-hybridized carbons (Fsp3) is 0.750. The molecule has 0 aromatic carbocycles. The van der Waals surface area contributed by atoms with E-state index in [1.165, 1.54) is 0 Å². The monoisotopic (exact) mass is 243 g/mol. The summed E-state index contributed by atoms with van der Waals surface area (Å²) < 4.78 is 4.61. The molecule has 98 valence electrons. The van der Waals surface area contributed by atoms with E-state index in [0.29, 0.717) is 0 Å². The molecule has 0 aliphatic heterocycles. The van der Waals surface area contributed by atoms with Crippen LogP contribution in [0, 0.1) is 5.92 Å². The van der Waals surface area contributed by atoms with E-state index in [2.05, 4.69) is 11.7 Å². The molecule has 5 heteroatoms. The third kappa shape index (κ3) is 8.42. The van der Waals surface area contributed by atoms with Gasteiger partial charge in [0, 0.05) is 6.42 Å². The Kier molecular flexibility index (Phi) is 8.01. The molecular weight excluding hydrogens is 222 g/mol. The van der Waals surface area contributed by atoms with Gasteiger partial charge in [-0.15, -0.1) is 0 Å². The molecule has 5 nitrogen and oxygen atoms in total. The zero-order valence-corrected chi connectivity index (χ0v) is 10.5. The number of ether oxygens (including phenoxy) is 1. The summed E-state index contributed by atoms with van der Waals surface area (Å²) in [4.78, 5) is 33.0. The number of hydrogen-bond donors (Lipinski definition) is 1. The Balaban J connectivity index is 3.82. The second-order valence-electron chi connectivity index (χ2n) is 4.16. The highest BCUT2D eigenvalue weighted by Gasteiger charge is 2.18. The van der Waals surface area contributed by atoms with Crippen LogP contribution in [-0.2, 0) is 19.1 Å². The van der Waals surface area contributed by atoms with Crippen molar-refractivity contribution in [3.63, 3.8) is 0 Å². The number of unbranched alkanes of at least 4 members (excludes halogenated alkanes) is 2. The molecule has 0 heterocycles. The van der Waals surface area contributed by atoms with Crippen LogP contribution in [-0.4, -0.2) is 17.8 Å². The second kappa shape index (κ2) is 8.73. The minimum absolute atomic E-state index is 0.0870. The van der Waals surface area contributed by atoms with Gasteiger partial charge >= 0.3 is 11.9 Å². The number of rotatable bonds is 8. The summed E-state index contributed by atoms with van der Waals surface area (Å²) in [5, 5.41) is 0. The average molecular weight is 243 g/mol. The van der Waals surface area contributed by atoms with Crippen molar-refractivity contribution in [1.29, 1.82) is 0 Å². The highest BCUT2D eigenvalue weighted by Crippen LogP contribution is 2.11. The van der Waals surface area contributed by atoms with Gasteiger partial charge in [-0.25, -0.2) is 0 Å². The molecule has 1 unspecified atom stereocenters. The van der Waals surface area contributed by atoms with Crippen molar-refractivity contribution in [2.45, 2.75) is 52.4 Å². The molecule has 0 saturated heterocycles. The van der Waals surface area contributed by atoms with Gasteiger partial charge in [0.15, 0.2) is 0 Å². The maximum Gasteiger partial charge on any atom is 0.316 e. The van der Waals surface area contributed by atoms with E-state index in [-0.39, 0.29) is 18.8 Å². The van der Waals surface area contributed by atoms with Gasteiger partial charge in [0.25, 0.3) is 0 Å². The van der Waals surface area contributed by atoms with E-state index >= 15 is 0 Å². The zero-order valence-electron chi connectivity index (χ0n) is 10.5. The van der Waals surface area contributed by atoms with Crippen LogP contribution in [0.1, 0.15) is 52.4 Å². The van der Waals surface area contributed by atoms with Crippen LogP contribution in [0.5, 0.6) is 0 Å². The normalized spacial score (nSPS) is 11.9. The molecule has 0 aromatic heterocycles. The SMILES string of the molecule is CCCCCC(C)C(=O)OC(=O)CCC(N)=O. The first-order chi connectivity index (χ1) is 7.97. The first-order valence-corrected chi connectivity index (χ1v) is 6.00. The van der Waals surface area contributed by atoms with Crippen molar-refractivity contribution in [1.82, 2.24) is 0 Å². The van der Waals surface area contributed by atoms with Crippen LogP contribution >= 0.6 is 0 Å². The molecule has 2 N–H and O–H groups in total. The van der Waals surface area contributed by atoms with Gasteiger partial charge < -0.3 is 10.5 Å². The van der Waals surface area contributed by atoms with Gasteiger partial charge in [0.05, 0.1) is 12.3 Å². The van der Waals surface area contributed by atoms with E-state index < -0.39 is 17.8 Å². The largest absolute Gasteiger partial charge is 0.393 e. The third-order valence-corrected chi connectivity index (χ3v) is 2.43. The Morgan fingerprint density at radius 2 is 1.82 bits per heavy atom. The highest BCUT2D eigenvalue weighted by atomic mass is 16.6. The number of primary amides is 1. The summed E-state index contributed by atoms with van der Waals surface area (Å²) in [5.41, 5.74) is 4.88. The Bertz CT molecular complexity index is 276. The molecule has 0 saturated carbocycles. The van der Waals surface area contributed by atoms with Gasteiger partial charge in [0.2, 0.25) is 5.91 Å². The fourth-order valence-electron chi connectivity index (χ4n) is 1.31. The summed E-state index contributed by atoms with van der Waals surface area (Å²) in [6, 6.07) is 0. The lowest BCUT2D eigenvalue weighted by molar-refractivity contribution is -0.162. The highest BCUT2D eigenvalue weighted by molar-refractivity contribution is 5.88. The summed E-state index contributed by atoms with van der Waals surface area (Å²) in [5.74, 6) is -2.06. The molecule has 0 aliphatic rings. The maximum atomic E-state index is 11.4. The van der Waals surface area contributed by atoms with Crippen molar-refractivity contribution in [3.05, 3.63) is 0 Å². The molecule has 0 rings (SSSR count). The molecule has 1 atom stereocenters. The molecule has 0 aromatic rings. The molecule has 17 heavy (non-hydrogen) atoms. The number of nitrogens with two attached hydrogens (primary N) is 1. The standard InChI is InChI=1S/C12H21NO4/c1-3-4-5-6-9(2)12(16)17-11(15)8-7-10(13)14/h9H,3-8H2,1-2H3,(H2,13,14). The molecule has 0 radical (unpaired) electrons. The van der Waals surface area contributed by atoms with Crippen LogP contribution in [0.15, 0.2) is 0 Å². The van der Waals surface area contributed by atoms with E-state index in [1.54, 1.807) is 6.92 Å². The molecule has 0 bridgehead atoms. The number of hydrogen-bond acceptors (Lipinski definition) is 4. The molecule has 0 fully saturated rings. The Hall–Kier alpha value is -1.39. The topological polar surface area (TPSA) is 86.5 Å². The van der Waals surface area contributed by atoms with Crippen LogP contribution < -0.4 is 5.73 Å². The van der Waals surface area contributed by atoms with Crippen molar-refractivity contribution in [2.24, 2.45) is 11.7 Å². The minimum Gasteiger partial charge on any atom is -0.393 e. The van der Waals surface area contributed by atoms with E-state index in [1.807, 2.05) is 0 Å². The van der Waals surface area contributed by atoms with Crippen LogP contribution in [0.3, 0.4) is 0 Å². The van der Waals surface area contributed by atoms with E-state index in [9.17, 15) is 14.4 Å². The average Bonchev–Trinajstić information content (AvgIpc) is 2.26. The first kappa shape index (κ1) is 15.6. The van der Waals surface area contributed by atoms with Gasteiger partial charge in [-0.2, -0.15) is 0 Å². The number of esters is 2. The number of carbonyl (C=O) groups excluding carboxylic acids is 3. The Labute approximate surface area is 102 Å². The Morgan fingerprint density at radius 1 is 1.18 bits per heavy atom. The lowest BCUT2D eigenvalue weighted by atomic mass is 10.0. The van der Waals surface area contributed by atoms with Crippen molar-refractivity contribution < 1.29 is 19.1 Å². The predicted molar refractivity (Wildman–Crippen MR) is 62.8 cm³/mol. The van der Waals surface area contributed by atoms with E-state index in [4.69, 9.17) is 5.73 Å². The summed E-state index contributed by atoms with van der Waals surface area (Å²) >= 11 is 0. The Morgan fingerprint density at radius 3 is 2.35 bits per heavy atom. The summed E-state index contributed by atoms with van der Waals surface area (Å²) in [6.07, 6.45) is 3.59. The smallest absolute Gasteiger partial charge is 0.316 e. The minimum atomic E-state index is -0.684. The van der Waals surface area contributed by atoms with Crippen molar-refractivity contribution in [2.75, 3.05) is 0 Å². The van der Waals surface area contributed by atoms with Crippen molar-refractivity contribution in [3.8, 4) is 0 Å².